The van der Waals surface area contributed by atoms with Crippen LogP contribution in [0.5, 0.6) is 0 Å². The molecule has 1 aliphatic heterocycles. The second-order valence-electron chi connectivity index (χ2n) is 7.63. The fourth-order valence-electron chi connectivity index (χ4n) is 2.92. The number of rotatable bonds is 5. The highest BCUT2D eigenvalue weighted by molar-refractivity contribution is 7.89. The number of sulfonamides is 1. The van der Waals surface area contributed by atoms with Crippen molar-refractivity contribution in [2.75, 3.05) is 32.7 Å². The Kier molecular flexibility index (Phi) is 5.83. The van der Waals surface area contributed by atoms with Crippen molar-refractivity contribution in [3.8, 4) is 0 Å². The SMILES string of the molecule is CC(=O)CC[NH+]1CCN(S(=O)(=O)c2ccc(C(C)(C)C)cc2)CC1. The fraction of sp³-hybridized carbons (Fsp3) is 0.611. The minimum absolute atomic E-state index is 0.00793. The van der Waals surface area contributed by atoms with E-state index in [1.807, 2.05) is 12.1 Å². The van der Waals surface area contributed by atoms with E-state index in [2.05, 4.69) is 20.8 Å². The first-order valence-electron chi connectivity index (χ1n) is 8.54. The summed E-state index contributed by atoms with van der Waals surface area (Å²) < 4.78 is 27.1. The molecule has 0 aromatic heterocycles. The van der Waals surface area contributed by atoms with Crippen molar-refractivity contribution < 1.29 is 18.1 Å². The number of nitrogens with zero attached hydrogens (tertiary/aromatic N) is 1. The Hall–Kier alpha value is -1.24. The van der Waals surface area contributed by atoms with Crippen molar-refractivity contribution in [2.24, 2.45) is 0 Å². The van der Waals surface area contributed by atoms with Crippen LogP contribution in [0.15, 0.2) is 29.2 Å². The topological polar surface area (TPSA) is 58.9 Å². The smallest absolute Gasteiger partial charge is 0.243 e. The molecule has 1 N–H and O–H groups in total. The Morgan fingerprint density at radius 1 is 1.12 bits per heavy atom. The molecule has 0 atom stereocenters. The molecule has 24 heavy (non-hydrogen) atoms. The lowest BCUT2D eigenvalue weighted by molar-refractivity contribution is -0.903. The van der Waals surface area contributed by atoms with Gasteiger partial charge < -0.3 is 4.90 Å². The number of benzene rings is 1. The lowest BCUT2D eigenvalue weighted by atomic mass is 9.87. The van der Waals surface area contributed by atoms with Gasteiger partial charge in [-0.05, 0) is 30.0 Å². The van der Waals surface area contributed by atoms with Gasteiger partial charge in [-0.1, -0.05) is 32.9 Å². The highest BCUT2D eigenvalue weighted by Crippen LogP contribution is 2.24. The Balaban J connectivity index is 2.02. The summed E-state index contributed by atoms with van der Waals surface area (Å²) in [6.45, 7) is 11.3. The molecule has 1 fully saturated rings. The van der Waals surface area contributed by atoms with Gasteiger partial charge in [0, 0.05) is 0 Å². The third-order valence-electron chi connectivity index (χ3n) is 4.62. The van der Waals surface area contributed by atoms with Crippen LogP contribution in [0.4, 0.5) is 0 Å². The van der Waals surface area contributed by atoms with Gasteiger partial charge in [0.25, 0.3) is 0 Å². The average Bonchev–Trinajstić information content (AvgIpc) is 2.52. The summed E-state index contributed by atoms with van der Waals surface area (Å²) in [5.74, 6) is 0.191. The number of ketones is 1. The molecule has 1 aromatic carbocycles. The number of quaternary nitrogens is 1. The molecule has 0 bridgehead atoms. The van der Waals surface area contributed by atoms with Gasteiger partial charge in [0.1, 0.15) is 5.78 Å². The zero-order valence-electron chi connectivity index (χ0n) is 15.1. The summed E-state index contributed by atoms with van der Waals surface area (Å²) in [4.78, 5) is 12.7. The minimum atomic E-state index is -3.43. The predicted molar refractivity (Wildman–Crippen MR) is 94.8 cm³/mol. The van der Waals surface area contributed by atoms with Gasteiger partial charge in [-0.3, -0.25) is 4.79 Å². The normalized spacial score (nSPS) is 17.8. The molecule has 5 nitrogen and oxygen atoms in total. The van der Waals surface area contributed by atoms with Crippen LogP contribution in [0, 0.1) is 0 Å². The lowest BCUT2D eigenvalue weighted by Gasteiger charge is -2.31. The van der Waals surface area contributed by atoms with Crippen molar-refractivity contribution in [1.82, 2.24) is 4.31 Å². The Morgan fingerprint density at radius 2 is 1.67 bits per heavy atom. The van der Waals surface area contributed by atoms with Crippen LogP contribution in [-0.4, -0.2) is 51.2 Å². The molecule has 0 radical (unpaired) electrons. The molecule has 0 aliphatic carbocycles. The monoisotopic (exact) mass is 353 g/mol. The third kappa shape index (κ3) is 4.65. The quantitative estimate of drug-likeness (QED) is 0.854. The van der Waals surface area contributed by atoms with E-state index < -0.39 is 10.0 Å². The molecule has 134 valence electrons. The van der Waals surface area contributed by atoms with Gasteiger partial charge in [0.05, 0.1) is 44.0 Å². The number of carbonyl (C=O) groups is 1. The van der Waals surface area contributed by atoms with Crippen molar-refractivity contribution in [3.63, 3.8) is 0 Å². The Bertz CT molecular complexity index is 667. The van der Waals surface area contributed by atoms with Crippen molar-refractivity contribution in [1.29, 1.82) is 0 Å². The van der Waals surface area contributed by atoms with Crippen LogP contribution in [0.1, 0.15) is 39.7 Å². The maximum absolute atomic E-state index is 12.8. The molecule has 0 unspecified atom stereocenters. The van der Waals surface area contributed by atoms with Gasteiger partial charge >= 0.3 is 0 Å². The number of Topliss-reactive ketones (excluding diaryl/α,β-unsaturated/α-hetero) is 1. The zero-order valence-corrected chi connectivity index (χ0v) is 15.9. The van der Waals surface area contributed by atoms with E-state index in [-0.39, 0.29) is 11.2 Å². The summed E-state index contributed by atoms with van der Waals surface area (Å²) in [7, 11) is -3.43. The minimum Gasteiger partial charge on any atom is -0.332 e. The summed E-state index contributed by atoms with van der Waals surface area (Å²) in [5, 5.41) is 0. The largest absolute Gasteiger partial charge is 0.332 e. The number of hydrogen-bond donors (Lipinski definition) is 1. The summed E-state index contributed by atoms with van der Waals surface area (Å²) in [6, 6.07) is 7.23. The molecular weight excluding hydrogens is 324 g/mol. The fourth-order valence-corrected chi connectivity index (χ4v) is 4.36. The first kappa shape index (κ1) is 19.1. The third-order valence-corrected chi connectivity index (χ3v) is 6.53. The van der Waals surface area contributed by atoms with E-state index in [1.165, 1.54) is 4.90 Å². The molecule has 1 heterocycles. The van der Waals surface area contributed by atoms with Crippen molar-refractivity contribution in [2.45, 2.75) is 44.4 Å². The predicted octanol–water partition coefficient (Wildman–Crippen LogP) is 0.852. The molecule has 1 saturated heterocycles. The zero-order chi connectivity index (χ0) is 18.0. The van der Waals surface area contributed by atoms with Crippen LogP contribution in [0.25, 0.3) is 0 Å². The first-order chi connectivity index (χ1) is 11.1. The van der Waals surface area contributed by atoms with E-state index in [0.717, 1.165) is 25.2 Å². The van der Waals surface area contributed by atoms with Gasteiger partial charge in [0.15, 0.2) is 0 Å². The molecule has 0 saturated carbocycles. The van der Waals surface area contributed by atoms with E-state index in [9.17, 15) is 13.2 Å². The van der Waals surface area contributed by atoms with E-state index in [4.69, 9.17) is 0 Å². The van der Waals surface area contributed by atoms with Crippen LogP contribution < -0.4 is 4.90 Å². The van der Waals surface area contributed by atoms with Crippen LogP contribution in [-0.2, 0) is 20.2 Å². The Labute approximate surface area is 145 Å². The summed E-state index contributed by atoms with van der Waals surface area (Å²) >= 11 is 0. The maximum Gasteiger partial charge on any atom is 0.243 e. The highest BCUT2D eigenvalue weighted by Gasteiger charge is 2.30. The molecule has 1 aromatic rings. The average molecular weight is 354 g/mol. The molecule has 6 heteroatoms. The van der Waals surface area contributed by atoms with Gasteiger partial charge in [-0.2, -0.15) is 4.31 Å². The second-order valence-corrected chi connectivity index (χ2v) is 9.57. The summed E-state index contributed by atoms with van der Waals surface area (Å²) in [5.41, 5.74) is 1.13. The van der Waals surface area contributed by atoms with Gasteiger partial charge in [-0.15, -0.1) is 0 Å². The van der Waals surface area contributed by atoms with E-state index in [1.54, 1.807) is 23.4 Å². The molecule has 0 spiro atoms. The molecular formula is C18H29N2O3S+. The van der Waals surface area contributed by atoms with Crippen LogP contribution in [0.2, 0.25) is 0 Å². The highest BCUT2D eigenvalue weighted by atomic mass is 32.2. The molecule has 0 amide bonds. The summed E-state index contributed by atoms with van der Waals surface area (Å²) in [6.07, 6.45) is 0.566. The van der Waals surface area contributed by atoms with Crippen LogP contribution in [0.3, 0.4) is 0 Å². The van der Waals surface area contributed by atoms with Crippen LogP contribution >= 0.6 is 0 Å². The number of carbonyl (C=O) groups excluding carboxylic acids is 1. The van der Waals surface area contributed by atoms with E-state index in [0.29, 0.717) is 24.4 Å². The molecule has 1 aliphatic rings. The molecule has 2 rings (SSSR count). The number of nitrogens with one attached hydrogen (secondary N) is 1. The Morgan fingerprint density at radius 3 is 2.12 bits per heavy atom. The number of piperazine rings is 1. The van der Waals surface area contributed by atoms with Gasteiger partial charge in [0.2, 0.25) is 10.0 Å². The van der Waals surface area contributed by atoms with Crippen molar-refractivity contribution >= 4 is 15.8 Å². The maximum atomic E-state index is 12.8. The van der Waals surface area contributed by atoms with Gasteiger partial charge in [-0.25, -0.2) is 8.42 Å². The standard InChI is InChI=1S/C18H28N2O3S/c1-15(21)9-10-19-11-13-20(14-12-19)24(22,23)17-7-5-16(6-8-17)18(2,3)4/h5-8H,9-14H2,1-4H3/p+1. The lowest BCUT2D eigenvalue weighted by Crippen LogP contribution is -3.14. The second kappa shape index (κ2) is 7.33. The first-order valence-corrected chi connectivity index (χ1v) is 9.98. The van der Waals surface area contributed by atoms with E-state index >= 15 is 0 Å². The van der Waals surface area contributed by atoms with Crippen molar-refractivity contribution in [3.05, 3.63) is 29.8 Å². The number of hydrogen-bond acceptors (Lipinski definition) is 3.